The lowest BCUT2D eigenvalue weighted by Gasteiger charge is -2.11. The van der Waals surface area contributed by atoms with Gasteiger partial charge in [0.1, 0.15) is 11.6 Å². The zero-order valence-corrected chi connectivity index (χ0v) is 13.8. The Balaban J connectivity index is 1.69. The summed E-state index contributed by atoms with van der Waals surface area (Å²) in [6.45, 7) is 6.48. The van der Waals surface area contributed by atoms with Crippen LogP contribution in [0.1, 0.15) is 20.3 Å². The van der Waals surface area contributed by atoms with Gasteiger partial charge in [0.05, 0.1) is 12.3 Å². The molecule has 0 unspecified atom stereocenters. The van der Waals surface area contributed by atoms with Gasteiger partial charge in [0, 0.05) is 18.8 Å². The predicted octanol–water partition coefficient (Wildman–Crippen LogP) is 4.77. The molecule has 3 nitrogen and oxygen atoms in total. The molecule has 0 fully saturated rings. The number of para-hydroxylation sites is 1. The smallest absolute Gasteiger partial charge is 0.146 e. The minimum absolute atomic E-state index is 0.226. The van der Waals surface area contributed by atoms with Crippen LogP contribution in [0.5, 0.6) is 5.75 Å². The standard InChI is InChI=1S/C19H25FN2O/c1-15(2)11-14-23-17-9-7-16(8-10-17)21-12-13-22-19-6-4-3-5-18(19)20/h3-10,15,21-22H,11-14H2,1-2H3. The van der Waals surface area contributed by atoms with E-state index in [-0.39, 0.29) is 5.82 Å². The zero-order valence-electron chi connectivity index (χ0n) is 13.8. The van der Waals surface area contributed by atoms with Crippen molar-refractivity contribution in [2.45, 2.75) is 20.3 Å². The van der Waals surface area contributed by atoms with Crippen LogP contribution in [0.4, 0.5) is 15.8 Å². The Labute approximate surface area is 137 Å². The van der Waals surface area contributed by atoms with Gasteiger partial charge in [0.2, 0.25) is 0 Å². The van der Waals surface area contributed by atoms with E-state index in [2.05, 4.69) is 24.5 Å². The van der Waals surface area contributed by atoms with Crippen molar-refractivity contribution >= 4 is 11.4 Å². The van der Waals surface area contributed by atoms with Crippen LogP contribution >= 0.6 is 0 Å². The first-order valence-corrected chi connectivity index (χ1v) is 8.10. The Bertz CT molecular complexity index is 584. The van der Waals surface area contributed by atoms with E-state index < -0.39 is 0 Å². The number of nitrogens with one attached hydrogen (secondary N) is 2. The van der Waals surface area contributed by atoms with Crippen molar-refractivity contribution in [3.05, 3.63) is 54.3 Å². The van der Waals surface area contributed by atoms with Crippen molar-refractivity contribution in [1.29, 1.82) is 0 Å². The van der Waals surface area contributed by atoms with E-state index >= 15 is 0 Å². The van der Waals surface area contributed by atoms with E-state index in [1.54, 1.807) is 12.1 Å². The van der Waals surface area contributed by atoms with Gasteiger partial charge in [-0.05, 0) is 48.7 Å². The zero-order chi connectivity index (χ0) is 16.5. The quantitative estimate of drug-likeness (QED) is 0.654. The third kappa shape index (κ3) is 6.19. The summed E-state index contributed by atoms with van der Waals surface area (Å²) in [5, 5.41) is 6.37. The Morgan fingerprint density at radius 2 is 1.65 bits per heavy atom. The molecule has 0 spiro atoms. The van der Waals surface area contributed by atoms with Crippen molar-refractivity contribution in [3.8, 4) is 5.75 Å². The van der Waals surface area contributed by atoms with Crippen LogP contribution in [0.3, 0.4) is 0 Å². The molecule has 0 aromatic heterocycles. The maximum atomic E-state index is 13.4. The molecular weight excluding hydrogens is 291 g/mol. The molecule has 2 N–H and O–H groups in total. The molecule has 0 aliphatic rings. The Morgan fingerprint density at radius 3 is 2.35 bits per heavy atom. The number of benzene rings is 2. The van der Waals surface area contributed by atoms with Gasteiger partial charge in [0.25, 0.3) is 0 Å². The SMILES string of the molecule is CC(C)CCOc1ccc(NCCNc2ccccc2F)cc1. The summed E-state index contributed by atoms with van der Waals surface area (Å²) in [6, 6.07) is 14.6. The second kappa shape index (κ2) is 9.03. The fraction of sp³-hybridized carbons (Fsp3) is 0.368. The summed E-state index contributed by atoms with van der Waals surface area (Å²) in [5.74, 6) is 1.31. The van der Waals surface area contributed by atoms with Gasteiger partial charge in [-0.1, -0.05) is 26.0 Å². The third-order valence-corrected chi connectivity index (χ3v) is 3.46. The van der Waals surface area contributed by atoms with E-state index in [4.69, 9.17) is 4.74 Å². The minimum Gasteiger partial charge on any atom is -0.494 e. The molecule has 0 bridgehead atoms. The molecule has 4 heteroatoms. The molecule has 2 aromatic carbocycles. The summed E-state index contributed by atoms with van der Waals surface area (Å²) in [4.78, 5) is 0. The topological polar surface area (TPSA) is 33.3 Å². The van der Waals surface area contributed by atoms with Gasteiger partial charge >= 0.3 is 0 Å². The van der Waals surface area contributed by atoms with Crippen molar-refractivity contribution in [1.82, 2.24) is 0 Å². The Hall–Kier alpha value is -2.23. The Morgan fingerprint density at radius 1 is 0.957 bits per heavy atom. The first-order valence-electron chi connectivity index (χ1n) is 8.10. The van der Waals surface area contributed by atoms with Gasteiger partial charge in [-0.25, -0.2) is 4.39 Å². The lowest BCUT2D eigenvalue weighted by Crippen LogP contribution is -2.14. The van der Waals surface area contributed by atoms with E-state index in [0.29, 0.717) is 24.7 Å². The normalized spacial score (nSPS) is 10.6. The number of halogens is 1. The van der Waals surface area contributed by atoms with Gasteiger partial charge in [-0.2, -0.15) is 0 Å². The number of hydrogen-bond acceptors (Lipinski definition) is 3. The average molecular weight is 316 g/mol. The van der Waals surface area contributed by atoms with Crippen molar-refractivity contribution in [2.24, 2.45) is 5.92 Å². The molecule has 0 atom stereocenters. The third-order valence-electron chi connectivity index (χ3n) is 3.46. The molecule has 2 aromatic rings. The lowest BCUT2D eigenvalue weighted by molar-refractivity contribution is 0.289. The second-order valence-corrected chi connectivity index (χ2v) is 5.89. The van der Waals surface area contributed by atoms with E-state index in [0.717, 1.165) is 24.5 Å². The molecule has 0 amide bonds. The van der Waals surface area contributed by atoms with E-state index in [1.165, 1.54) is 6.07 Å². The minimum atomic E-state index is -0.226. The van der Waals surface area contributed by atoms with E-state index in [9.17, 15) is 4.39 Å². The highest BCUT2D eigenvalue weighted by Crippen LogP contribution is 2.16. The highest BCUT2D eigenvalue weighted by Gasteiger charge is 2.00. The molecule has 0 saturated heterocycles. The van der Waals surface area contributed by atoms with Crippen LogP contribution < -0.4 is 15.4 Å². The highest BCUT2D eigenvalue weighted by molar-refractivity contribution is 5.47. The molecule has 2 rings (SSSR count). The fourth-order valence-electron chi connectivity index (χ4n) is 2.09. The summed E-state index contributed by atoms with van der Waals surface area (Å²) >= 11 is 0. The van der Waals surface area contributed by atoms with Crippen LogP contribution in [0, 0.1) is 11.7 Å². The maximum Gasteiger partial charge on any atom is 0.146 e. The first-order chi connectivity index (χ1) is 11.1. The fourth-order valence-corrected chi connectivity index (χ4v) is 2.09. The van der Waals surface area contributed by atoms with Crippen molar-refractivity contribution in [2.75, 3.05) is 30.3 Å². The average Bonchev–Trinajstić information content (AvgIpc) is 2.54. The number of ether oxygens (including phenoxy) is 1. The van der Waals surface area contributed by atoms with Gasteiger partial charge in [0.15, 0.2) is 0 Å². The monoisotopic (exact) mass is 316 g/mol. The van der Waals surface area contributed by atoms with Crippen LogP contribution in [0.15, 0.2) is 48.5 Å². The Kier molecular flexibility index (Phi) is 6.73. The molecule has 124 valence electrons. The van der Waals surface area contributed by atoms with E-state index in [1.807, 2.05) is 30.3 Å². The second-order valence-electron chi connectivity index (χ2n) is 5.89. The molecule has 0 aliphatic carbocycles. The summed E-state index contributed by atoms with van der Waals surface area (Å²) in [6.07, 6.45) is 1.06. The van der Waals surface area contributed by atoms with Crippen LogP contribution in [-0.2, 0) is 0 Å². The summed E-state index contributed by atoms with van der Waals surface area (Å²) < 4.78 is 19.1. The summed E-state index contributed by atoms with van der Waals surface area (Å²) in [7, 11) is 0. The molecule has 0 heterocycles. The molecule has 23 heavy (non-hydrogen) atoms. The lowest BCUT2D eigenvalue weighted by atomic mass is 10.1. The van der Waals surface area contributed by atoms with Crippen LogP contribution in [0.2, 0.25) is 0 Å². The largest absolute Gasteiger partial charge is 0.494 e. The number of hydrogen-bond donors (Lipinski definition) is 2. The molecule has 0 aliphatic heterocycles. The molecular formula is C19H25FN2O. The maximum absolute atomic E-state index is 13.4. The predicted molar refractivity (Wildman–Crippen MR) is 94.8 cm³/mol. The highest BCUT2D eigenvalue weighted by atomic mass is 19.1. The molecule has 0 saturated carbocycles. The number of rotatable bonds is 9. The molecule has 0 radical (unpaired) electrons. The summed E-state index contributed by atoms with van der Waals surface area (Å²) in [5.41, 5.74) is 1.56. The van der Waals surface area contributed by atoms with Crippen LogP contribution in [0.25, 0.3) is 0 Å². The van der Waals surface area contributed by atoms with Gasteiger partial charge < -0.3 is 15.4 Å². The van der Waals surface area contributed by atoms with Crippen LogP contribution in [-0.4, -0.2) is 19.7 Å². The van der Waals surface area contributed by atoms with Crippen molar-refractivity contribution < 1.29 is 9.13 Å². The number of anilines is 2. The van der Waals surface area contributed by atoms with Gasteiger partial charge in [-0.15, -0.1) is 0 Å². The van der Waals surface area contributed by atoms with Crippen molar-refractivity contribution in [3.63, 3.8) is 0 Å². The van der Waals surface area contributed by atoms with Gasteiger partial charge in [-0.3, -0.25) is 0 Å². The first kappa shape index (κ1) is 17.1.